The normalized spacial score (nSPS) is 19.8. The number of piperidine rings is 1. The standard InChI is InChI=1S/C18H25F3N4O3S/c19-18(20,21)15(26)25(10-12-11-29-16(22-12)23-17(27)28)14-6-8-24(9-7-14)13-4-2-1-3-5-13/h11,13-14H,1-10H2,(H,22,23)(H,27,28). The number of rotatable bonds is 5. The molecule has 2 heterocycles. The Labute approximate surface area is 170 Å². The summed E-state index contributed by atoms with van der Waals surface area (Å²) < 4.78 is 39.6. The molecule has 1 saturated carbocycles. The molecule has 1 saturated heterocycles. The van der Waals surface area contributed by atoms with Crippen molar-refractivity contribution in [1.82, 2.24) is 14.8 Å². The number of anilines is 1. The molecule has 7 nitrogen and oxygen atoms in total. The maximum atomic E-state index is 13.2. The van der Waals surface area contributed by atoms with Gasteiger partial charge in [0.15, 0.2) is 5.13 Å². The summed E-state index contributed by atoms with van der Waals surface area (Å²) in [5.41, 5.74) is 0.242. The first-order chi connectivity index (χ1) is 13.7. The highest BCUT2D eigenvalue weighted by atomic mass is 32.1. The number of alkyl halides is 3. The number of nitrogens with one attached hydrogen (secondary N) is 1. The molecule has 3 rings (SSSR count). The zero-order valence-corrected chi connectivity index (χ0v) is 16.8. The lowest BCUT2D eigenvalue weighted by Crippen LogP contribution is -2.52. The maximum Gasteiger partial charge on any atom is 0.471 e. The van der Waals surface area contributed by atoms with Crippen molar-refractivity contribution in [3.63, 3.8) is 0 Å². The number of hydrogen-bond acceptors (Lipinski definition) is 5. The fourth-order valence-corrected chi connectivity index (χ4v) is 4.93. The number of carbonyl (C=O) groups excluding carboxylic acids is 1. The highest BCUT2D eigenvalue weighted by Crippen LogP contribution is 2.30. The van der Waals surface area contributed by atoms with Crippen molar-refractivity contribution in [2.24, 2.45) is 0 Å². The molecule has 2 amide bonds. The highest BCUT2D eigenvalue weighted by Gasteiger charge is 2.45. The van der Waals surface area contributed by atoms with Gasteiger partial charge in [0.25, 0.3) is 0 Å². The number of aromatic nitrogens is 1. The van der Waals surface area contributed by atoms with Crippen molar-refractivity contribution in [2.45, 2.75) is 69.8 Å². The second kappa shape index (κ2) is 9.29. The Morgan fingerprint density at radius 2 is 1.86 bits per heavy atom. The molecule has 0 atom stereocenters. The summed E-state index contributed by atoms with van der Waals surface area (Å²) in [6.45, 7) is 1.07. The Morgan fingerprint density at radius 1 is 1.21 bits per heavy atom. The average molecular weight is 434 g/mol. The molecular formula is C18H25F3N4O3S. The number of nitrogens with zero attached hydrogens (tertiary/aromatic N) is 3. The molecule has 0 radical (unpaired) electrons. The first-order valence-electron chi connectivity index (χ1n) is 9.80. The Kier molecular flexibility index (Phi) is 6.99. The predicted octanol–water partition coefficient (Wildman–Crippen LogP) is 3.92. The summed E-state index contributed by atoms with van der Waals surface area (Å²) in [5, 5.41) is 12.3. The van der Waals surface area contributed by atoms with Crippen LogP contribution in [0.1, 0.15) is 50.6 Å². The van der Waals surface area contributed by atoms with Crippen molar-refractivity contribution < 1.29 is 27.9 Å². The van der Waals surface area contributed by atoms with E-state index >= 15 is 0 Å². The van der Waals surface area contributed by atoms with Gasteiger partial charge >= 0.3 is 18.2 Å². The lowest BCUT2D eigenvalue weighted by molar-refractivity contribution is -0.189. The average Bonchev–Trinajstić information content (AvgIpc) is 3.12. The molecule has 1 aromatic rings. The van der Waals surface area contributed by atoms with Gasteiger partial charge in [-0.2, -0.15) is 13.2 Å². The number of amides is 2. The Morgan fingerprint density at radius 3 is 2.45 bits per heavy atom. The number of halogens is 3. The summed E-state index contributed by atoms with van der Waals surface area (Å²) in [6, 6.07) is -0.0128. The van der Waals surface area contributed by atoms with E-state index in [1.807, 2.05) is 0 Å². The van der Waals surface area contributed by atoms with Crippen molar-refractivity contribution in [3.05, 3.63) is 11.1 Å². The van der Waals surface area contributed by atoms with Crippen LogP contribution >= 0.6 is 11.3 Å². The molecule has 2 fully saturated rings. The molecule has 1 aliphatic carbocycles. The zero-order chi connectivity index (χ0) is 21.0. The Hall–Kier alpha value is -1.88. The SMILES string of the molecule is O=C(O)Nc1nc(CN(C(=O)C(F)(F)F)C2CCN(C3CCCCC3)CC2)cs1. The molecule has 0 spiro atoms. The van der Waals surface area contributed by atoms with E-state index < -0.39 is 24.2 Å². The van der Waals surface area contributed by atoms with Crippen LogP contribution in [0.15, 0.2) is 5.38 Å². The fraction of sp³-hybridized carbons (Fsp3) is 0.722. The molecule has 1 aliphatic heterocycles. The van der Waals surface area contributed by atoms with Crippen LogP contribution in [0, 0.1) is 0 Å². The van der Waals surface area contributed by atoms with Gasteiger partial charge in [-0.25, -0.2) is 9.78 Å². The van der Waals surface area contributed by atoms with Crippen LogP contribution in [0.3, 0.4) is 0 Å². The minimum absolute atomic E-state index is 0.0685. The van der Waals surface area contributed by atoms with E-state index in [9.17, 15) is 22.8 Å². The van der Waals surface area contributed by atoms with Gasteiger partial charge in [-0.15, -0.1) is 11.3 Å². The maximum absolute atomic E-state index is 13.2. The van der Waals surface area contributed by atoms with Crippen molar-refractivity contribution in [2.75, 3.05) is 18.4 Å². The molecule has 11 heteroatoms. The molecule has 162 valence electrons. The summed E-state index contributed by atoms with van der Waals surface area (Å²) in [6.07, 6.45) is 0.614. The van der Waals surface area contributed by atoms with Gasteiger partial charge < -0.3 is 14.9 Å². The second-order valence-electron chi connectivity index (χ2n) is 7.56. The van der Waals surface area contributed by atoms with Crippen molar-refractivity contribution in [1.29, 1.82) is 0 Å². The van der Waals surface area contributed by atoms with E-state index in [4.69, 9.17) is 5.11 Å². The molecule has 0 bridgehead atoms. The monoisotopic (exact) mass is 434 g/mol. The van der Waals surface area contributed by atoms with Gasteiger partial charge in [0.05, 0.1) is 12.2 Å². The summed E-state index contributed by atoms with van der Waals surface area (Å²) >= 11 is 0.974. The molecule has 2 aliphatic rings. The van der Waals surface area contributed by atoms with E-state index in [1.54, 1.807) is 0 Å². The van der Waals surface area contributed by atoms with E-state index in [0.717, 1.165) is 29.1 Å². The lowest BCUT2D eigenvalue weighted by Gasteiger charge is -2.42. The van der Waals surface area contributed by atoms with Crippen LogP contribution in [-0.4, -0.2) is 63.2 Å². The number of carbonyl (C=O) groups is 2. The topological polar surface area (TPSA) is 85.8 Å². The summed E-state index contributed by atoms with van der Waals surface area (Å²) in [7, 11) is 0. The van der Waals surface area contributed by atoms with Crippen LogP contribution < -0.4 is 5.32 Å². The largest absolute Gasteiger partial charge is 0.471 e. The van der Waals surface area contributed by atoms with Gasteiger partial charge in [-0.3, -0.25) is 10.1 Å². The van der Waals surface area contributed by atoms with Gasteiger partial charge in [0.1, 0.15) is 0 Å². The molecule has 0 aromatic carbocycles. The molecule has 1 aromatic heterocycles. The Bertz CT molecular complexity index is 713. The first-order valence-corrected chi connectivity index (χ1v) is 10.7. The molecule has 0 unspecified atom stereocenters. The van der Waals surface area contributed by atoms with E-state index in [1.165, 1.54) is 24.6 Å². The third kappa shape index (κ3) is 5.81. The van der Waals surface area contributed by atoms with Crippen LogP contribution in [0.25, 0.3) is 0 Å². The van der Waals surface area contributed by atoms with Crippen LogP contribution in [0.5, 0.6) is 0 Å². The van der Waals surface area contributed by atoms with Gasteiger partial charge in [-0.05, 0) is 25.7 Å². The third-order valence-corrected chi connectivity index (χ3v) is 6.44. The van der Waals surface area contributed by atoms with E-state index in [-0.39, 0.29) is 17.4 Å². The van der Waals surface area contributed by atoms with Gasteiger partial charge in [-0.1, -0.05) is 19.3 Å². The third-order valence-electron chi connectivity index (χ3n) is 5.63. The molecular weight excluding hydrogens is 409 g/mol. The van der Waals surface area contributed by atoms with Crippen LogP contribution in [0.2, 0.25) is 0 Å². The minimum atomic E-state index is -4.96. The minimum Gasteiger partial charge on any atom is -0.465 e. The first kappa shape index (κ1) is 21.8. The number of hydrogen-bond donors (Lipinski definition) is 2. The highest BCUT2D eigenvalue weighted by molar-refractivity contribution is 7.13. The number of thiazole rings is 1. The van der Waals surface area contributed by atoms with Gasteiger partial charge in [0.2, 0.25) is 0 Å². The molecule has 2 N–H and O–H groups in total. The smallest absolute Gasteiger partial charge is 0.465 e. The fourth-order valence-electron chi connectivity index (χ4n) is 4.24. The van der Waals surface area contributed by atoms with Crippen molar-refractivity contribution >= 4 is 28.5 Å². The van der Waals surface area contributed by atoms with E-state index in [0.29, 0.717) is 32.0 Å². The quantitative estimate of drug-likeness (QED) is 0.734. The lowest BCUT2D eigenvalue weighted by atomic mass is 9.91. The van der Waals surface area contributed by atoms with E-state index in [2.05, 4.69) is 15.2 Å². The summed E-state index contributed by atoms with van der Waals surface area (Å²) in [4.78, 5) is 30.0. The van der Waals surface area contributed by atoms with Crippen molar-refractivity contribution in [3.8, 4) is 0 Å². The Balaban J connectivity index is 1.67. The predicted molar refractivity (Wildman–Crippen MR) is 102 cm³/mol. The van der Waals surface area contributed by atoms with Crippen LogP contribution in [-0.2, 0) is 11.3 Å². The zero-order valence-electron chi connectivity index (χ0n) is 16.0. The summed E-state index contributed by atoms with van der Waals surface area (Å²) in [5.74, 6) is -1.87. The number of likely N-dealkylation sites (tertiary alicyclic amines) is 1. The van der Waals surface area contributed by atoms with Crippen LogP contribution in [0.4, 0.5) is 23.1 Å². The number of carboxylic acid groups (broad SMARTS) is 1. The van der Waals surface area contributed by atoms with Gasteiger partial charge in [0, 0.05) is 30.6 Å². The second-order valence-corrected chi connectivity index (χ2v) is 8.42. The molecule has 29 heavy (non-hydrogen) atoms.